The first kappa shape index (κ1) is 24.0. The molecule has 0 radical (unpaired) electrons. The Labute approximate surface area is 216 Å². The molecule has 3 aromatic carbocycles. The van der Waals surface area contributed by atoms with E-state index < -0.39 is 29.6 Å². The van der Waals surface area contributed by atoms with E-state index >= 15 is 0 Å². The number of ketones is 1. The van der Waals surface area contributed by atoms with E-state index in [4.69, 9.17) is 0 Å². The van der Waals surface area contributed by atoms with Crippen molar-refractivity contribution in [3.05, 3.63) is 102 Å². The maximum absolute atomic E-state index is 13.6. The molecule has 0 saturated heterocycles. The molecule has 0 bridgehead atoms. The molecule has 0 saturated carbocycles. The number of carboxylic acid groups (broad SMARTS) is 1. The third-order valence-electron chi connectivity index (χ3n) is 6.05. The van der Waals surface area contributed by atoms with Gasteiger partial charge in [0.15, 0.2) is 12.0 Å². The predicted molar refractivity (Wildman–Crippen MR) is 137 cm³/mol. The number of benzene rings is 3. The molecule has 1 aromatic heterocycles. The monoisotopic (exact) mass is 508 g/mol. The SMILES string of the molecule is N#CC(C(=O)NC(C(=O)O)c1ccccc1)C(=O)c1nn(-c2ccccc2)c2c1CSc1ccccc1-2. The summed E-state index contributed by atoms with van der Waals surface area (Å²) < 4.78 is 1.66. The first-order valence-electron chi connectivity index (χ1n) is 11.4. The number of nitrogens with zero attached hydrogens (tertiary/aromatic N) is 3. The molecule has 2 heterocycles. The van der Waals surface area contributed by atoms with Crippen LogP contribution < -0.4 is 5.32 Å². The summed E-state index contributed by atoms with van der Waals surface area (Å²) in [7, 11) is 0. The molecule has 5 rings (SSSR count). The lowest BCUT2D eigenvalue weighted by molar-refractivity contribution is -0.142. The molecule has 1 aliphatic heterocycles. The topological polar surface area (TPSA) is 125 Å². The normalized spacial score (nSPS) is 13.4. The molecule has 8 nitrogen and oxygen atoms in total. The number of carboxylic acids is 1. The number of rotatable bonds is 7. The lowest BCUT2D eigenvalue weighted by Gasteiger charge is -2.18. The van der Waals surface area contributed by atoms with Gasteiger partial charge in [0.25, 0.3) is 0 Å². The van der Waals surface area contributed by atoms with E-state index in [-0.39, 0.29) is 5.69 Å². The van der Waals surface area contributed by atoms with Crippen LogP contribution in [0.2, 0.25) is 0 Å². The lowest BCUT2D eigenvalue weighted by atomic mass is 9.96. The summed E-state index contributed by atoms with van der Waals surface area (Å²) in [5, 5.41) is 26.4. The standard InChI is InChI=1S/C28H20N4O4S/c29-15-20(27(34)30-23(28(35)36)17-9-3-1-4-10-17)26(33)24-21-16-37-22-14-8-7-13-19(22)25(21)32(31-24)18-11-5-2-6-12-18/h1-14,20,23H,16H2,(H,30,34)(H,35,36). The molecule has 9 heteroatoms. The molecule has 1 amide bonds. The highest BCUT2D eigenvalue weighted by Gasteiger charge is 2.37. The largest absolute Gasteiger partial charge is 0.479 e. The third kappa shape index (κ3) is 4.50. The Balaban J connectivity index is 1.54. The molecule has 4 aromatic rings. The van der Waals surface area contributed by atoms with Gasteiger partial charge >= 0.3 is 5.97 Å². The van der Waals surface area contributed by atoms with Gasteiger partial charge in [0, 0.05) is 21.8 Å². The molecule has 1 aliphatic rings. The number of hydrogen-bond acceptors (Lipinski definition) is 6. The number of amides is 1. The van der Waals surface area contributed by atoms with Gasteiger partial charge in [-0.05, 0) is 23.8 Å². The van der Waals surface area contributed by atoms with Crippen molar-refractivity contribution in [3.8, 4) is 23.0 Å². The number of carbonyl (C=O) groups excluding carboxylic acids is 2. The van der Waals surface area contributed by atoms with Crippen molar-refractivity contribution < 1.29 is 19.5 Å². The lowest BCUT2D eigenvalue weighted by Crippen LogP contribution is -2.40. The van der Waals surface area contributed by atoms with Crippen molar-refractivity contribution in [2.24, 2.45) is 5.92 Å². The van der Waals surface area contributed by atoms with Crippen molar-refractivity contribution in [1.82, 2.24) is 15.1 Å². The van der Waals surface area contributed by atoms with Crippen molar-refractivity contribution in [2.75, 3.05) is 0 Å². The Morgan fingerprint density at radius 1 is 0.973 bits per heavy atom. The smallest absolute Gasteiger partial charge is 0.330 e. The first-order chi connectivity index (χ1) is 18.0. The number of fused-ring (bicyclic) bond motifs is 3. The molecule has 0 fully saturated rings. The fraction of sp³-hybridized carbons (Fsp3) is 0.107. The van der Waals surface area contributed by atoms with Gasteiger partial charge in [-0.2, -0.15) is 10.4 Å². The Morgan fingerprint density at radius 3 is 2.30 bits per heavy atom. The zero-order valence-electron chi connectivity index (χ0n) is 19.4. The fourth-order valence-electron chi connectivity index (χ4n) is 4.29. The summed E-state index contributed by atoms with van der Waals surface area (Å²) in [5.41, 5.74) is 3.34. The van der Waals surface area contributed by atoms with E-state index in [2.05, 4.69) is 10.4 Å². The summed E-state index contributed by atoms with van der Waals surface area (Å²) in [6.45, 7) is 0. The number of nitriles is 1. The van der Waals surface area contributed by atoms with Crippen LogP contribution in [0.3, 0.4) is 0 Å². The van der Waals surface area contributed by atoms with Crippen LogP contribution in [0.15, 0.2) is 89.8 Å². The maximum Gasteiger partial charge on any atom is 0.330 e. The van der Waals surface area contributed by atoms with Crippen LogP contribution in [-0.4, -0.2) is 32.5 Å². The van der Waals surface area contributed by atoms with E-state index in [9.17, 15) is 24.8 Å². The molecule has 2 unspecified atom stereocenters. The highest BCUT2D eigenvalue weighted by atomic mass is 32.2. The van der Waals surface area contributed by atoms with Crippen LogP contribution in [0.25, 0.3) is 16.9 Å². The highest BCUT2D eigenvalue weighted by Crippen LogP contribution is 2.44. The van der Waals surface area contributed by atoms with Crippen molar-refractivity contribution in [2.45, 2.75) is 16.7 Å². The zero-order chi connectivity index (χ0) is 25.9. The molecule has 0 spiro atoms. The summed E-state index contributed by atoms with van der Waals surface area (Å²) in [6, 6.07) is 25.5. The van der Waals surface area contributed by atoms with Crippen molar-refractivity contribution >= 4 is 29.4 Å². The first-order valence-corrected chi connectivity index (χ1v) is 12.4. The van der Waals surface area contributed by atoms with Crippen LogP contribution in [-0.2, 0) is 15.3 Å². The number of aliphatic carboxylic acids is 1. The maximum atomic E-state index is 13.6. The molecule has 2 N–H and O–H groups in total. The number of nitrogens with one attached hydrogen (secondary N) is 1. The number of para-hydroxylation sites is 1. The number of carbonyl (C=O) groups is 3. The number of Topliss-reactive ketones (excluding diaryl/α,β-unsaturated/α-hetero) is 1. The van der Waals surface area contributed by atoms with Gasteiger partial charge < -0.3 is 10.4 Å². The Bertz CT molecular complexity index is 1540. The van der Waals surface area contributed by atoms with Gasteiger partial charge in [-0.25, -0.2) is 9.48 Å². The second kappa shape index (κ2) is 10.1. The molecule has 37 heavy (non-hydrogen) atoms. The van der Waals surface area contributed by atoms with E-state index in [1.165, 1.54) is 0 Å². The van der Waals surface area contributed by atoms with Crippen molar-refractivity contribution in [3.63, 3.8) is 0 Å². The molecule has 0 aliphatic carbocycles. The minimum Gasteiger partial charge on any atom is -0.479 e. The Kier molecular flexibility index (Phi) is 6.58. The van der Waals surface area contributed by atoms with Gasteiger partial charge in [-0.15, -0.1) is 11.8 Å². The number of aromatic nitrogens is 2. The quantitative estimate of drug-likeness (QED) is 0.280. The summed E-state index contributed by atoms with van der Waals surface area (Å²) in [4.78, 5) is 39.6. The molecule has 182 valence electrons. The molecule has 2 atom stereocenters. The van der Waals surface area contributed by atoms with Crippen LogP contribution in [0.4, 0.5) is 0 Å². The predicted octanol–water partition coefficient (Wildman–Crippen LogP) is 4.41. The van der Waals surface area contributed by atoms with Crippen LogP contribution >= 0.6 is 11.8 Å². The minimum atomic E-state index is -1.77. The van der Waals surface area contributed by atoms with Gasteiger partial charge in [-0.1, -0.05) is 66.7 Å². The second-order valence-electron chi connectivity index (χ2n) is 8.32. The number of hydrogen-bond donors (Lipinski definition) is 2. The van der Waals surface area contributed by atoms with E-state index in [0.717, 1.165) is 21.8 Å². The average Bonchev–Trinajstić information content (AvgIpc) is 3.33. The molecular weight excluding hydrogens is 488 g/mol. The Morgan fingerprint density at radius 2 is 1.62 bits per heavy atom. The highest BCUT2D eigenvalue weighted by molar-refractivity contribution is 7.98. The van der Waals surface area contributed by atoms with Gasteiger partial charge in [0.2, 0.25) is 11.7 Å². The Hall–Kier alpha value is -4.68. The minimum absolute atomic E-state index is 0.0224. The summed E-state index contributed by atoms with van der Waals surface area (Å²) >= 11 is 1.54. The summed E-state index contributed by atoms with van der Waals surface area (Å²) in [6.07, 6.45) is 0. The van der Waals surface area contributed by atoms with Gasteiger partial charge in [0.05, 0.1) is 17.5 Å². The summed E-state index contributed by atoms with van der Waals surface area (Å²) in [5.74, 6) is -4.40. The number of thioether (sulfide) groups is 1. The van der Waals surface area contributed by atoms with E-state index in [0.29, 0.717) is 16.9 Å². The van der Waals surface area contributed by atoms with Crippen molar-refractivity contribution in [1.29, 1.82) is 5.26 Å². The van der Waals surface area contributed by atoms with Crippen LogP contribution in [0.5, 0.6) is 0 Å². The van der Waals surface area contributed by atoms with Gasteiger partial charge in [-0.3, -0.25) is 9.59 Å². The fourth-order valence-corrected chi connectivity index (χ4v) is 5.36. The molecular formula is C28H20N4O4S. The van der Waals surface area contributed by atoms with E-state index in [1.54, 1.807) is 52.8 Å². The third-order valence-corrected chi connectivity index (χ3v) is 7.15. The van der Waals surface area contributed by atoms with Crippen LogP contribution in [0, 0.1) is 17.2 Å². The van der Waals surface area contributed by atoms with Gasteiger partial charge in [0.1, 0.15) is 5.69 Å². The van der Waals surface area contributed by atoms with Crippen LogP contribution in [0.1, 0.15) is 27.7 Å². The average molecular weight is 509 g/mol. The zero-order valence-corrected chi connectivity index (χ0v) is 20.2. The second-order valence-corrected chi connectivity index (χ2v) is 9.34. The van der Waals surface area contributed by atoms with E-state index in [1.807, 2.05) is 54.6 Å².